The average Bonchev–Trinajstić information content (AvgIpc) is 2.62. The smallest absolute Gasteiger partial charge is 0.409 e. The molecule has 0 bridgehead atoms. The van der Waals surface area contributed by atoms with E-state index in [1.165, 1.54) is 5.56 Å². The van der Waals surface area contributed by atoms with E-state index < -0.39 is 0 Å². The predicted octanol–water partition coefficient (Wildman–Crippen LogP) is 1.89. The summed E-state index contributed by atoms with van der Waals surface area (Å²) in [6.07, 6.45) is 0.656. The second kappa shape index (κ2) is 9.32. The number of benzene rings is 1. The zero-order chi connectivity index (χ0) is 17.4. The Labute approximate surface area is 148 Å². The SMILES string of the molecule is CCOC(=O)N1CCN(C(=S)NCCc2ccc(OC)cc2)CC1. The lowest BCUT2D eigenvalue weighted by atomic mass is 10.1. The van der Waals surface area contributed by atoms with Gasteiger partial charge >= 0.3 is 6.09 Å². The fourth-order valence-electron chi connectivity index (χ4n) is 2.52. The zero-order valence-corrected chi connectivity index (χ0v) is 15.1. The molecule has 1 aliphatic heterocycles. The molecule has 0 aromatic heterocycles. The minimum Gasteiger partial charge on any atom is -0.497 e. The van der Waals surface area contributed by atoms with Crippen molar-refractivity contribution in [1.29, 1.82) is 0 Å². The summed E-state index contributed by atoms with van der Waals surface area (Å²) in [4.78, 5) is 15.5. The quantitative estimate of drug-likeness (QED) is 0.818. The third-order valence-corrected chi connectivity index (χ3v) is 4.34. The first-order chi connectivity index (χ1) is 11.6. The van der Waals surface area contributed by atoms with Crippen molar-refractivity contribution in [3.8, 4) is 5.75 Å². The lowest BCUT2D eigenvalue weighted by Gasteiger charge is -2.35. The molecule has 1 N–H and O–H groups in total. The van der Waals surface area contributed by atoms with E-state index in [9.17, 15) is 4.79 Å². The second-order valence-corrected chi connectivity index (χ2v) is 5.89. The maximum absolute atomic E-state index is 11.7. The summed E-state index contributed by atoms with van der Waals surface area (Å²) < 4.78 is 10.2. The number of amides is 1. The van der Waals surface area contributed by atoms with Crippen LogP contribution in [0.2, 0.25) is 0 Å². The molecule has 1 aliphatic rings. The highest BCUT2D eigenvalue weighted by molar-refractivity contribution is 7.80. The lowest BCUT2D eigenvalue weighted by Crippen LogP contribution is -2.53. The summed E-state index contributed by atoms with van der Waals surface area (Å²) in [7, 11) is 1.66. The van der Waals surface area contributed by atoms with Crippen LogP contribution in [0, 0.1) is 0 Å². The molecular formula is C17H25N3O3S. The summed E-state index contributed by atoms with van der Waals surface area (Å²) in [5.74, 6) is 0.863. The van der Waals surface area contributed by atoms with E-state index in [0.29, 0.717) is 19.7 Å². The molecule has 0 unspecified atom stereocenters. The molecule has 1 heterocycles. The van der Waals surface area contributed by atoms with Crippen LogP contribution in [0.4, 0.5) is 4.79 Å². The van der Waals surface area contributed by atoms with Crippen LogP contribution in [0.25, 0.3) is 0 Å². The number of hydrogen-bond acceptors (Lipinski definition) is 4. The number of nitrogens with one attached hydrogen (secondary N) is 1. The van der Waals surface area contributed by atoms with Crippen molar-refractivity contribution in [2.45, 2.75) is 13.3 Å². The lowest BCUT2D eigenvalue weighted by molar-refractivity contribution is 0.0919. The van der Waals surface area contributed by atoms with Gasteiger partial charge in [-0.1, -0.05) is 12.1 Å². The minimum atomic E-state index is -0.240. The summed E-state index contributed by atoms with van der Waals surface area (Å²) in [6, 6.07) is 8.04. The summed E-state index contributed by atoms with van der Waals surface area (Å²) in [5.41, 5.74) is 1.23. The monoisotopic (exact) mass is 351 g/mol. The fraction of sp³-hybridized carbons (Fsp3) is 0.529. The molecule has 132 valence electrons. The van der Waals surface area contributed by atoms with E-state index >= 15 is 0 Å². The molecule has 6 nitrogen and oxygen atoms in total. The van der Waals surface area contributed by atoms with E-state index in [2.05, 4.69) is 22.3 Å². The first-order valence-corrected chi connectivity index (χ1v) is 8.62. The van der Waals surface area contributed by atoms with E-state index in [1.807, 2.05) is 19.1 Å². The highest BCUT2D eigenvalue weighted by Crippen LogP contribution is 2.11. The Morgan fingerprint density at radius 1 is 1.17 bits per heavy atom. The Morgan fingerprint density at radius 3 is 2.38 bits per heavy atom. The molecule has 1 aromatic carbocycles. The number of piperazine rings is 1. The van der Waals surface area contributed by atoms with Crippen LogP contribution in [-0.2, 0) is 11.2 Å². The van der Waals surface area contributed by atoms with Gasteiger partial charge in [0.2, 0.25) is 0 Å². The van der Waals surface area contributed by atoms with Gasteiger partial charge in [0.25, 0.3) is 0 Å². The van der Waals surface area contributed by atoms with Gasteiger partial charge < -0.3 is 24.6 Å². The Balaban J connectivity index is 1.68. The largest absolute Gasteiger partial charge is 0.497 e. The van der Waals surface area contributed by atoms with Gasteiger partial charge in [-0.05, 0) is 43.3 Å². The van der Waals surface area contributed by atoms with Crippen LogP contribution >= 0.6 is 12.2 Å². The van der Waals surface area contributed by atoms with E-state index in [0.717, 1.165) is 36.9 Å². The van der Waals surface area contributed by atoms with Gasteiger partial charge in [0.15, 0.2) is 5.11 Å². The number of hydrogen-bond donors (Lipinski definition) is 1. The maximum atomic E-state index is 11.7. The summed E-state index contributed by atoms with van der Waals surface area (Å²) >= 11 is 5.44. The zero-order valence-electron chi connectivity index (χ0n) is 14.3. The van der Waals surface area contributed by atoms with Crippen LogP contribution in [0.5, 0.6) is 5.75 Å². The summed E-state index contributed by atoms with van der Waals surface area (Å²) in [6.45, 7) is 5.74. The number of ether oxygens (including phenoxy) is 2. The average molecular weight is 351 g/mol. The van der Waals surface area contributed by atoms with Crippen molar-refractivity contribution in [2.75, 3.05) is 46.4 Å². The molecule has 0 aliphatic carbocycles. The number of thiocarbonyl (C=S) groups is 1. The Bertz CT molecular complexity index is 543. The molecule has 24 heavy (non-hydrogen) atoms. The first kappa shape index (κ1) is 18.3. The molecule has 1 fully saturated rings. The topological polar surface area (TPSA) is 54.0 Å². The molecule has 0 radical (unpaired) electrons. The first-order valence-electron chi connectivity index (χ1n) is 8.21. The van der Waals surface area contributed by atoms with E-state index in [-0.39, 0.29) is 6.09 Å². The molecular weight excluding hydrogens is 326 g/mol. The van der Waals surface area contributed by atoms with Gasteiger partial charge in [0.05, 0.1) is 13.7 Å². The molecule has 1 amide bonds. The predicted molar refractivity (Wildman–Crippen MR) is 97.5 cm³/mol. The van der Waals surface area contributed by atoms with Crippen molar-refractivity contribution in [2.24, 2.45) is 0 Å². The highest BCUT2D eigenvalue weighted by Gasteiger charge is 2.22. The molecule has 0 atom stereocenters. The van der Waals surface area contributed by atoms with Gasteiger partial charge in [0, 0.05) is 32.7 Å². The number of carbonyl (C=O) groups is 1. The van der Waals surface area contributed by atoms with Gasteiger partial charge in [-0.3, -0.25) is 0 Å². The van der Waals surface area contributed by atoms with Crippen molar-refractivity contribution in [3.63, 3.8) is 0 Å². The summed E-state index contributed by atoms with van der Waals surface area (Å²) in [5, 5.41) is 4.03. The van der Waals surface area contributed by atoms with Crippen LogP contribution in [0.15, 0.2) is 24.3 Å². The normalized spacial score (nSPS) is 14.2. The Hall–Kier alpha value is -2.02. The second-order valence-electron chi connectivity index (χ2n) is 5.50. The van der Waals surface area contributed by atoms with Gasteiger partial charge in [-0.15, -0.1) is 0 Å². The highest BCUT2D eigenvalue weighted by atomic mass is 32.1. The van der Waals surface area contributed by atoms with Crippen molar-refractivity contribution >= 4 is 23.4 Å². The number of carbonyl (C=O) groups excluding carboxylic acids is 1. The standard InChI is InChI=1S/C17H25N3O3S/c1-3-23-17(21)20-12-10-19(11-13-20)16(24)18-9-8-14-4-6-15(22-2)7-5-14/h4-7H,3,8-13H2,1-2H3,(H,18,24). The molecule has 0 saturated carbocycles. The van der Waals surface area contributed by atoms with Crippen molar-refractivity contribution in [3.05, 3.63) is 29.8 Å². The van der Waals surface area contributed by atoms with Gasteiger partial charge in [-0.2, -0.15) is 0 Å². The van der Waals surface area contributed by atoms with Crippen LogP contribution < -0.4 is 10.1 Å². The van der Waals surface area contributed by atoms with Gasteiger partial charge in [-0.25, -0.2) is 4.79 Å². The van der Waals surface area contributed by atoms with Crippen LogP contribution in [-0.4, -0.2) is 67.4 Å². The number of nitrogens with zero attached hydrogens (tertiary/aromatic N) is 2. The number of rotatable bonds is 5. The van der Waals surface area contributed by atoms with Crippen molar-refractivity contribution < 1.29 is 14.3 Å². The maximum Gasteiger partial charge on any atom is 0.409 e. The molecule has 0 spiro atoms. The van der Waals surface area contributed by atoms with E-state index in [4.69, 9.17) is 21.7 Å². The van der Waals surface area contributed by atoms with Crippen molar-refractivity contribution in [1.82, 2.24) is 15.1 Å². The van der Waals surface area contributed by atoms with Crippen LogP contribution in [0.3, 0.4) is 0 Å². The third-order valence-electron chi connectivity index (χ3n) is 3.94. The molecule has 1 aromatic rings. The molecule has 7 heteroatoms. The van der Waals surface area contributed by atoms with Gasteiger partial charge in [0.1, 0.15) is 5.75 Å². The fourth-order valence-corrected chi connectivity index (χ4v) is 2.81. The third kappa shape index (κ3) is 5.26. The van der Waals surface area contributed by atoms with E-state index in [1.54, 1.807) is 12.0 Å². The Morgan fingerprint density at radius 2 is 1.79 bits per heavy atom. The van der Waals surface area contributed by atoms with Crippen LogP contribution in [0.1, 0.15) is 12.5 Å². The minimum absolute atomic E-state index is 0.240. The molecule has 2 rings (SSSR count). The molecule has 1 saturated heterocycles. The Kier molecular flexibility index (Phi) is 7.11. The number of methoxy groups -OCH3 is 1.